The highest BCUT2D eigenvalue weighted by Crippen LogP contribution is 1.62. The van der Waals surface area contributed by atoms with Gasteiger partial charge in [-0.05, 0) is 34.1 Å². The first-order chi connectivity index (χ1) is 7.60. The van der Waals surface area contributed by atoms with Crippen LogP contribution in [0.1, 0.15) is 13.3 Å². The standard InChI is InChI=1S/C4H11N.C3H7NO2.CH5NO.CH5N/c1-3-4-5-2;1-4-2-3(5)6;1-2-3;1-2/h5H,3-4H2,1-2H3;4H,2H2,1H3,(H,5,6);2-3H,1H3;2H2,1H3. The third-order valence-corrected chi connectivity index (χ3v) is 0.828. The van der Waals surface area contributed by atoms with Gasteiger partial charge in [0.1, 0.15) is 0 Å². The highest BCUT2D eigenvalue weighted by molar-refractivity contribution is 5.68. The van der Waals surface area contributed by atoms with Gasteiger partial charge in [0, 0.05) is 7.05 Å². The summed E-state index contributed by atoms with van der Waals surface area (Å²) in [5.41, 5.74) is 6.25. The summed E-state index contributed by atoms with van der Waals surface area (Å²) in [4.78, 5) is 9.54. The van der Waals surface area contributed by atoms with Gasteiger partial charge in [-0.25, -0.2) is 5.48 Å². The highest BCUT2D eigenvalue weighted by Gasteiger charge is 1.86. The molecule has 0 rings (SSSR count). The first-order valence-corrected chi connectivity index (χ1v) is 5.00. The van der Waals surface area contributed by atoms with Crippen molar-refractivity contribution in [2.24, 2.45) is 5.73 Å². The van der Waals surface area contributed by atoms with Crippen LogP contribution in [0.2, 0.25) is 0 Å². The largest absolute Gasteiger partial charge is 0.480 e. The Hall–Kier alpha value is -0.730. The molecule has 0 unspecified atom stereocenters. The monoisotopic (exact) mass is 240 g/mol. The topological polar surface area (TPSA) is 120 Å². The molecule has 7 N–H and O–H groups in total. The molecule has 0 amide bonds. The Kier molecular flexibility index (Phi) is 56.2. The average Bonchev–Trinajstić information content (AvgIpc) is 2.24. The van der Waals surface area contributed by atoms with Gasteiger partial charge < -0.3 is 26.7 Å². The fraction of sp³-hybridized carbons (Fsp3) is 0.889. The Morgan fingerprint density at radius 1 is 1.19 bits per heavy atom. The molecule has 0 spiro atoms. The minimum Gasteiger partial charge on any atom is -0.480 e. The number of carboxylic acid groups (broad SMARTS) is 1. The molecule has 0 heterocycles. The van der Waals surface area contributed by atoms with E-state index in [0.29, 0.717) is 0 Å². The van der Waals surface area contributed by atoms with Crippen LogP contribution in [0.3, 0.4) is 0 Å². The Bertz CT molecular complexity index is 103. The van der Waals surface area contributed by atoms with Crippen molar-refractivity contribution < 1.29 is 15.1 Å². The predicted molar refractivity (Wildman–Crippen MR) is 66.7 cm³/mol. The van der Waals surface area contributed by atoms with E-state index in [0.717, 1.165) is 6.54 Å². The summed E-state index contributed by atoms with van der Waals surface area (Å²) < 4.78 is 0. The molecule has 0 fully saturated rings. The molecule has 7 heteroatoms. The van der Waals surface area contributed by atoms with E-state index in [4.69, 9.17) is 10.3 Å². The Morgan fingerprint density at radius 3 is 1.56 bits per heavy atom. The summed E-state index contributed by atoms with van der Waals surface area (Å²) >= 11 is 0. The van der Waals surface area contributed by atoms with Crippen LogP contribution < -0.4 is 21.8 Å². The van der Waals surface area contributed by atoms with Crippen molar-refractivity contribution in [1.82, 2.24) is 16.1 Å². The van der Waals surface area contributed by atoms with Crippen molar-refractivity contribution in [1.29, 1.82) is 0 Å². The van der Waals surface area contributed by atoms with E-state index in [-0.39, 0.29) is 6.54 Å². The lowest BCUT2D eigenvalue weighted by Crippen LogP contribution is -2.16. The summed E-state index contributed by atoms with van der Waals surface area (Å²) in [6.07, 6.45) is 1.23. The summed E-state index contributed by atoms with van der Waals surface area (Å²) in [5, 5.41) is 20.7. The summed E-state index contributed by atoms with van der Waals surface area (Å²) in [5.74, 6) is -0.822. The number of likely N-dealkylation sites (N-methyl/N-ethyl adjacent to an activating group) is 1. The van der Waals surface area contributed by atoms with Crippen LogP contribution in [0.5, 0.6) is 0 Å². The number of aliphatic carboxylic acids is 1. The summed E-state index contributed by atoms with van der Waals surface area (Å²) in [6.45, 7) is 3.33. The maximum absolute atomic E-state index is 9.54. The smallest absolute Gasteiger partial charge is 0.317 e. The first kappa shape index (κ1) is 24.5. The van der Waals surface area contributed by atoms with E-state index < -0.39 is 5.97 Å². The number of hydroxylamine groups is 1. The molecular formula is C9H28N4O3. The summed E-state index contributed by atoms with van der Waals surface area (Å²) in [7, 11) is 6.48. The van der Waals surface area contributed by atoms with E-state index in [1.807, 2.05) is 7.05 Å². The second-order valence-corrected chi connectivity index (χ2v) is 2.25. The SMILES string of the molecule is CCCNC.CN.CNCC(=O)O.CNO. The lowest BCUT2D eigenvalue weighted by molar-refractivity contribution is -0.135. The van der Waals surface area contributed by atoms with Crippen LogP contribution in [0.25, 0.3) is 0 Å². The number of hydrogen-bond acceptors (Lipinski definition) is 6. The number of nitrogens with two attached hydrogens (primary N) is 1. The van der Waals surface area contributed by atoms with Gasteiger partial charge in [0.25, 0.3) is 0 Å². The van der Waals surface area contributed by atoms with Crippen molar-refractivity contribution in [2.45, 2.75) is 13.3 Å². The van der Waals surface area contributed by atoms with Gasteiger partial charge >= 0.3 is 5.97 Å². The quantitative estimate of drug-likeness (QED) is 0.351. The molecule has 0 saturated carbocycles. The molecule has 0 atom stereocenters. The van der Waals surface area contributed by atoms with Gasteiger partial charge in [-0.3, -0.25) is 4.79 Å². The van der Waals surface area contributed by atoms with Crippen LogP contribution in [0.4, 0.5) is 0 Å². The number of carboxylic acids is 1. The number of rotatable bonds is 4. The maximum Gasteiger partial charge on any atom is 0.317 e. The zero-order valence-corrected chi connectivity index (χ0v) is 11.0. The number of carbonyl (C=O) groups is 1. The van der Waals surface area contributed by atoms with Crippen LogP contribution in [-0.2, 0) is 4.79 Å². The van der Waals surface area contributed by atoms with Gasteiger partial charge in [0.05, 0.1) is 6.54 Å². The van der Waals surface area contributed by atoms with E-state index in [1.54, 1.807) is 12.5 Å². The molecule has 7 nitrogen and oxygen atoms in total. The van der Waals surface area contributed by atoms with Gasteiger partial charge in [-0.2, -0.15) is 0 Å². The third kappa shape index (κ3) is 110. The molecule has 0 saturated heterocycles. The Morgan fingerprint density at radius 2 is 1.56 bits per heavy atom. The second-order valence-electron chi connectivity index (χ2n) is 2.25. The molecule has 0 aliphatic rings. The zero-order valence-electron chi connectivity index (χ0n) is 11.0. The van der Waals surface area contributed by atoms with Crippen LogP contribution in [0.15, 0.2) is 0 Å². The van der Waals surface area contributed by atoms with E-state index in [9.17, 15) is 4.79 Å². The Labute approximate surface area is 98.4 Å². The number of hydrogen-bond donors (Lipinski definition) is 6. The molecule has 0 aliphatic heterocycles. The first-order valence-electron chi connectivity index (χ1n) is 5.00. The average molecular weight is 240 g/mol. The minimum atomic E-state index is -0.822. The van der Waals surface area contributed by atoms with Crippen LogP contribution in [0, 0.1) is 0 Å². The lowest BCUT2D eigenvalue weighted by atomic mass is 10.5. The molecule has 0 radical (unpaired) electrons. The van der Waals surface area contributed by atoms with Gasteiger partial charge in [-0.15, -0.1) is 0 Å². The Balaban J connectivity index is -0.0000000653. The van der Waals surface area contributed by atoms with E-state index >= 15 is 0 Å². The van der Waals surface area contributed by atoms with Crippen molar-refractivity contribution >= 4 is 5.97 Å². The van der Waals surface area contributed by atoms with Crippen molar-refractivity contribution in [3.63, 3.8) is 0 Å². The number of nitrogens with one attached hydrogen (secondary N) is 3. The van der Waals surface area contributed by atoms with Crippen molar-refractivity contribution in [2.75, 3.05) is 41.3 Å². The summed E-state index contributed by atoms with van der Waals surface area (Å²) in [6, 6.07) is 0. The van der Waals surface area contributed by atoms with Crippen LogP contribution >= 0.6 is 0 Å². The zero-order chi connectivity index (χ0) is 13.8. The predicted octanol–water partition coefficient (Wildman–Crippen LogP) is -0.924. The van der Waals surface area contributed by atoms with Crippen molar-refractivity contribution in [3.8, 4) is 0 Å². The molecule has 0 aromatic carbocycles. The van der Waals surface area contributed by atoms with E-state index in [2.05, 4.69) is 23.3 Å². The lowest BCUT2D eigenvalue weighted by Gasteiger charge is -1.84. The van der Waals surface area contributed by atoms with Crippen LogP contribution in [-0.4, -0.2) is 57.6 Å². The maximum atomic E-state index is 9.54. The molecular weight excluding hydrogens is 212 g/mol. The molecule has 0 bridgehead atoms. The normalized spacial score (nSPS) is 7.19. The van der Waals surface area contributed by atoms with Gasteiger partial charge in [-0.1, -0.05) is 6.92 Å². The highest BCUT2D eigenvalue weighted by atomic mass is 16.5. The third-order valence-electron chi connectivity index (χ3n) is 0.828. The molecule has 16 heavy (non-hydrogen) atoms. The fourth-order valence-corrected chi connectivity index (χ4v) is 0.401. The van der Waals surface area contributed by atoms with Crippen molar-refractivity contribution in [3.05, 3.63) is 0 Å². The van der Waals surface area contributed by atoms with E-state index in [1.165, 1.54) is 20.5 Å². The fourth-order valence-electron chi connectivity index (χ4n) is 0.401. The van der Waals surface area contributed by atoms with Gasteiger partial charge in [0.2, 0.25) is 0 Å². The molecule has 0 aromatic heterocycles. The van der Waals surface area contributed by atoms with Gasteiger partial charge in [0.15, 0.2) is 0 Å². The molecule has 0 aromatic rings. The molecule has 102 valence electrons. The minimum absolute atomic E-state index is 0.0417. The second kappa shape index (κ2) is 36.7. The molecule has 0 aliphatic carbocycles.